The van der Waals surface area contributed by atoms with Gasteiger partial charge in [0.25, 0.3) is 0 Å². The molecular formula is C13H18N2O2. The Morgan fingerprint density at radius 2 is 2.47 bits per heavy atom. The summed E-state index contributed by atoms with van der Waals surface area (Å²) < 4.78 is 5.50. The molecule has 0 fully saturated rings. The molecule has 0 saturated heterocycles. The van der Waals surface area contributed by atoms with Gasteiger partial charge in [-0.2, -0.15) is 0 Å². The monoisotopic (exact) mass is 234 g/mol. The molecule has 1 atom stereocenters. The minimum absolute atomic E-state index is 0.00815. The first-order valence-corrected chi connectivity index (χ1v) is 6.04. The Hall–Kier alpha value is -1.58. The maximum Gasteiger partial charge on any atom is 0.220 e. The van der Waals surface area contributed by atoms with E-state index in [1.807, 2.05) is 26.0 Å². The average Bonchev–Trinajstić information content (AvgIpc) is 2.28. The van der Waals surface area contributed by atoms with Crippen molar-refractivity contribution in [2.45, 2.75) is 32.7 Å². The fraction of sp³-hybridized carbons (Fsp3) is 0.538. The number of ether oxygens (including phenoxy) is 1. The number of carbonyl (C=O) groups excluding carboxylic acids is 1. The molecule has 17 heavy (non-hydrogen) atoms. The van der Waals surface area contributed by atoms with E-state index in [4.69, 9.17) is 4.74 Å². The summed E-state index contributed by atoms with van der Waals surface area (Å²) in [4.78, 5) is 16.0. The fourth-order valence-corrected chi connectivity index (χ4v) is 1.97. The minimum Gasteiger partial charge on any atom is -0.491 e. The Labute approximate surface area is 101 Å². The molecule has 1 aromatic rings. The van der Waals surface area contributed by atoms with Crippen LogP contribution in [-0.4, -0.2) is 17.5 Å². The van der Waals surface area contributed by atoms with E-state index in [1.165, 1.54) is 0 Å². The second kappa shape index (κ2) is 5.17. The van der Waals surface area contributed by atoms with Crippen LogP contribution in [0.3, 0.4) is 0 Å². The van der Waals surface area contributed by atoms with Crippen molar-refractivity contribution < 1.29 is 9.53 Å². The van der Waals surface area contributed by atoms with E-state index in [0.717, 1.165) is 17.9 Å². The number of amides is 1. The third-order valence-electron chi connectivity index (χ3n) is 2.72. The van der Waals surface area contributed by atoms with Crippen LogP contribution in [0.4, 0.5) is 0 Å². The molecule has 4 heteroatoms. The Balaban J connectivity index is 2.06. The Kier molecular flexibility index (Phi) is 3.61. The van der Waals surface area contributed by atoms with Gasteiger partial charge in [0.2, 0.25) is 5.91 Å². The van der Waals surface area contributed by atoms with Crippen LogP contribution in [0.1, 0.15) is 38.4 Å². The largest absolute Gasteiger partial charge is 0.491 e. The van der Waals surface area contributed by atoms with Gasteiger partial charge in [0.15, 0.2) is 0 Å². The molecule has 2 heterocycles. The van der Waals surface area contributed by atoms with Gasteiger partial charge in [-0.15, -0.1) is 0 Å². The highest BCUT2D eigenvalue weighted by atomic mass is 16.5. The standard InChI is InChI=1S/C13H18N2O2/c1-9(2)8-12(16)15-10-5-7-17-11-4-3-6-14-13(10)11/h3-4,6,9-10H,5,7-8H2,1-2H3,(H,15,16). The van der Waals surface area contributed by atoms with Crippen molar-refractivity contribution in [3.8, 4) is 5.75 Å². The van der Waals surface area contributed by atoms with E-state index < -0.39 is 0 Å². The summed E-state index contributed by atoms with van der Waals surface area (Å²) in [7, 11) is 0. The van der Waals surface area contributed by atoms with E-state index >= 15 is 0 Å². The number of nitrogens with one attached hydrogen (secondary N) is 1. The highest BCUT2D eigenvalue weighted by Gasteiger charge is 2.24. The Morgan fingerprint density at radius 1 is 1.65 bits per heavy atom. The average molecular weight is 234 g/mol. The molecule has 1 aliphatic rings. The summed E-state index contributed by atoms with van der Waals surface area (Å²) in [5, 5.41) is 3.02. The van der Waals surface area contributed by atoms with Crippen LogP contribution in [0, 0.1) is 5.92 Å². The van der Waals surface area contributed by atoms with Crippen LogP contribution in [0.15, 0.2) is 18.3 Å². The lowest BCUT2D eigenvalue weighted by Crippen LogP contribution is -2.33. The van der Waals surface area contributed by atoms with E-state index in [2.05, 4.69) is 10.3 Å². The fourth-order valence-electron chi connectivity index (χ4n) is 1.97. The lowest BCUT2D eigenvalue weighted by molar-refractivity contribution is -0.122. The molecule has 1 unspecified atom stereocenters. The molecule has 0 radical (unpaired) electrons. The van der Waals surface area contributed by atoms with Gasteiger partial charge >= 0.3 is 0 Å². The second-order valence-electron chi connectivity index (χ2n) is 4.74. The van der Waals surface area contributed by atoms with Crippen molar-refractivity contribution in [1.82, 2.24) is 10.3 Å². The molecule has 0 bridgehead atoms. The lowest BCUT2D eigenvalue weighted by atomic mass is 10.1. The quantitative estimate of drug-likeness (QED) is 0.871. The van der Waals surface area contributed by atoms with E-state index in [1.54, 1.807) is 6.20 Å². The lowest BCUT2D eigenvalue weighted by Gasteiger charge is -2.25. The molecule has 1 aliphatic heterocycles. The van der Waals surface area contributed by atoms with Gasteiger partial charge in [-0.05, 0) is 18.1 Å². The molecular weight excluding hydrogens is 216 g/mol. The van der Waals surface area contributed by atoms with Crippen LogP contribution in [0.5, 0.6) is 5.75 Å². The maximum absolute atomic E-state index is 11.8. The third-order valence-corrected chi connectivity index (χ3v) is 2.72. The number of aromatic nitrogens is 1. The van der Waals surface area contributed by atoms with Crippen LogP contribution >= 0.6 is 0 Å². The summed E-state index contributed by atoms with van der Waals surface area (Å²) in [5.74, 6) is 1.25. The molecule has 0 spiro atoms. The van der Waals surface area contributed by atoms with Gasteiger partial charge in [-0.3, -0.25) is 9.78 Å². The summed E-state index contributed by atoms with van der Waals surface area (Å²) in [6.45, 7) is 4.71. The molecule has 0 aromatic carbocycles. The molecule has 1 amide bonds. The highest BCUT2D eigenvalue weighted by molar-refractivity contribution is 5.76. The van der Waals surface area contributed by atoms with Crippen molar-refractivity contribution in [1.29, 1.82) is 0 Å². The number of fused-ring (bicyclic) bond motifs is 1. The van der Waals surface area contributed by atoms with Gasteiger partial charge in [-0.25, -0.2) is 0 Å². The van der Waals surface area contributed by atoms with Gasteiger partial charge < -0.3 is 10.1 Å². The van der Waals surface area contributed by atoms with Crippen molar-refractivity contribution in [3.05, 3.63) is 24.0 Å². The van der Waals surface area contributed by atoms with Crippen LogP contribution in [0.2, 0.25) is 0 Å². The normalized spacial score (nSPS) is 18.4. The summed E-state index contributed by atoms with van der Waals surface area (Å²) in [6, 6.07) is 3.73. The Bertz CT molecular complexity index is 404. The van der Waals surface area contributed by atoms with Crippen LogP contribution in [-0.2, 0) is 4.79 Å². The first-order chi connectivity index (χ1) is 8.16. The van der Waals surface area contributed by atoms with Crippen LogP contribution in [0.25, 0.3) is 0 Å². The number of pyridine rings is 1. The molecule has 0 aliphatic carbocycles. The van der Waals surface area contributed by atoms with E-state index in [-0.39, 0.29) is 11.9 Å². The SMILES string of the molecule is CC(C)CC(=O)NC1CCOc2cccnc21. The first-order valence-electron chi connectivity index (χ1n) is 6.04. The summed E-state index contributed by atoms with van der Waals surface area (Å²) in [6.07, 6.45) is 3.07. The second-order valence-corrected chi connectivity index (χ2v) is 4.74. The van der Waals surface area contributed by atoms with Crippen molar-refractivity contribution in [2.75, 3.05) is 6.61 Å². The van der Waals surface area contributed by atoms with Gasteiger partial charge in [-0.1, -0.05) is 13.8 Å². The molecule has 0 saturated carbocycles. The number of nitrogens with zero attached hydrogens (tertiary/aromatic N) is 1. The van der Waals surface area contributed by atoms with E-state index in [9.17, 15) is 4.79 Å². The van der Waals surface area contributed by atoms with Crippen molar-refractivity contribution >= 4 is 5.91 Å². The molecule has 92 valence electrons. The third kappa shape index (κ3) is 2.96. The number of carbonyl (C=O) groups is 1. The summed E-state index contributed by atoms with van der Waals surface area (Å²) in [5.41, 5.74) is 0.843. The van der Waals surface area contributed by atoms with Gasteiger partial charge in [0.05, 0.1) is 12.6 Å². The molecule has 2 rings (SSSR count). The smallest absolute Gasteiger partial charge is 0.220 e. The number of rotatable bonds is 3. The molecule has 1 aromatic heterocycles. The Morgan fingerprint density at radius 3 is 3.24 bits per heavy atom. The molecule has 4 nitrogen and oxygen atoms in total. The molecule has 1 N–H and O–H groups in total. The number of hydrogen-bond donors (Lipinski definition) is 1. The zero-order chi connectivity index (χ0) is 12.3. The highest BCUT2D eigenvalue weighted by Crippen LogP contribution is 2.29. The van der Waals surface area contributed by atoms with Crippen molar-refractivity contribution in [3.63, 3.8) is 0 Å². The van der Waals surface area contributed by atoms with Gasteiger partial charge in [0.1, 0.15) is 11.4 Å². The number of hydrogen-bond acceptors (Lipinski definition) is 3. The predicted molar refractivity (Wildman–Crippen MR) is 64.7 cm³/mol. The van der Waals surface area contributed by atoms with Crippen LogP contribution < -0.4 is 10.1 Å². The topological polar surface area (TPSA) is 51.2 Å². The zero-order valence-electron chi connectivity index (χ0n) is 10.3. The maximum atomic E-state index is 11.8. The predicted octanol–water partition coefficient (Wildman–Crippen LogP) is 2.07. The first kappa shape index (κ1) is 11.9. The zero-order valence-corrected chi connectivity index (χ0v) is 10.3. The van der Waals surface area contributed by atoms with Crippen molar-refractivity contribution in [2.24, 2.45) is 5.92 Å². The van der Waals surface area contributed by atoms with E-state index in [0.29, 0.717) is 18.9 Å². The minimum atomic E-state index is -0.00815. The van der Waals surface area contributed by atoms with Gasteiger partial charge in [0, 0.05) is 19.0 Å². The summed E-state index contributed by atoms with van der Waals surface area (Å²) >= 11 is 0.